The van der Waals surface area contributed by atoms with E-state index in [1.165, 1.54) is 31.2 Å². The Balaban J connectivity index is 1.07. The normalized spacial score (nSPS) is 17.4. The summed E-state index contributed by atoms with van der Waals surface area (Å²) >= 11 is 0. The number of anilines is 3. The molecular weight excluding hydrogens is 512 g/mol. The van der Waals surface area contributed by atoms with Crippen LogP contribution in [0.2, 0.25) is 0 Å². The molecule has 2 aliphatic rings. The predicted octanol–water partition coefficient (Wildman–Crippen LogP) is 5.10. The molecule has 10 heteroatoms. The third-order valence-electron chi connectivity index (χ3n) is 7.21. The quantitative estimate of drug-likeness (QED) is 0.380. The van der Waals surface area contributed by atoms with E-state index in [1.807, 2.05) is 24.4 Å². The molecule has 2 aliphatic heterocycles. The largest absolute Gasteiger partial charge is 0.457 e. The van der Waals surface area contributed by atoms with Crippen LogP contribution in [0.1, 0.15) is 44.1 Å². The number of aromatic nitrogens is 2. The van der Waals surface area contributed by atoms with Gasteiger partial charge in [-0.05, 0) is 73.7 Å². The second kappa shape index (κ2) is 12.7. The van der Waals surface area contributed by atoms with Gasteiger partial charge >= 0.3 is 0 Å². The van der Waals surface area contributed by atoms with Crippen molar-refractivity contribution < 1.29 is 13.2 Å². The van der Waals surface area contributed by atoms with Gasteiger partial charge in [-0.15, -0.1) is 0 Å². The van der Waals surface area contributed by atoms with Gasteiger partial charge < -0.3 is 15.0 Å². The standard InChI is InChI=1S/C29H38N6O3S/c1-39(36,37)33-25-8-12-27(13-9-25)38-26-10-6-23(7-11-26)22-34-20-15-24(16-21-34)31-29-30-17-14-28(32-29)35-18-4-2-3-5-19-35/h6-14,17,24,33H,2-5,15-16,18-22H2,1H3,(H,30,31,32). The monoisotopic (exact) mass is 550 g/mol. The molecular formula is C29H38N6O3S. The molecule has 2 fully saturated rings. The van der Waals surface area contributed by atoms with Gasteiger partial charge in [-0.2, -0.15) is 4.98 Å². The number of piperidine rings is 1. The Labute approximate surface area is 231 Å². The Bertz CT molecular complexity index is 1300. The molecule has 2 N–H and O–H groups in total. The summed E-state index contributed by atoms with van der Waals surface area (Å²) in [5.41, 5.74) is 1.75. The Morgan fingerprint density at radius 2 is 1.51 bits per heavy atom. The first-order chi connectivity index (χ1) is 18.9. The van der Waals surface area contributed by atoms with Crippen molar-refractivity contribution in [3.8, 4) is 11.5 Å². The zero-order valence-electron chi connectivity index (χ0n) is 22.6. The second-order valence-electron chi connectivity index (χ2n) is 10.5. The number of rotatable bonds is 9. The highest BCUT2D eigenvalue weighted by Gasteiger charge is 2.20. The fraction of sp³-hybridized carbons (Fsp3) is 0.448. The Kier molecular flexibility index (Phi) is 8.83. The third-order valence-corrected chi connectivity index (χ3v) is 7.82. The van der Waals surface area contributed by atoms with Crippen LogP contribution in [0.15, 0.2) is 60.8 Å². The molecule has 3 aromatic rings. The molecule has 2 saturated heterocycles. The van der Waals surface area contributed by atoms with Crippen molar-refractivity contribution in [2.24, 2.45) is 0 Å². The van der Waals surface area contributed by atoms with Gasteiger partial charge in [-0.25, -0.2) is 13.4 Å². The smallest absolute Gasteiger partial charge is 0.229 e. The molecule has 0 saturated carbocycles. The third kappa shape index (κ3) is 8.31. The van der Waals surface area contributed by atoms with Crippen LogP contribution >= 0.6 is 0 Å². The number of benzene rings is 2. The topological polar surface area (TPSA) is 99.7 Å². The molecule has 0 bridgehead atoms. The van der Waals surface area contributed by atoms with Gasteiger partial charge in [0.1, 0.15) is 17.3 Å². The molecule has 0 aliphatic carbocycles. The highest BCUT2D eigenvalue weighted by molar-refractivity contribution is 7.92. The van der Waals surface area contributed by atoms with Gasteiger partial charge in [0, 0.05) is 50.6 Å². The molecule has 3 heterocycles. The highest BCUT2D eigenvalue weighted by atomic mass is 32.2. The van der Waals surface area contributed by atoms with Crippen molar-refractivity contribution >= 4 is 27.5 Å². The molecule has 0 atom stereocenters. The summed E-state index contributed by atoms with van der Waals surface area (Å²) in [5.74, 6) is 3.18. The summed E-state index contributed by atoms with van der Waals surface area (Å²) in [6.45, 7) is 5.12. The predicted molar refractivity (Wildman–Crippen MR) is 156 cm³/mol. The van der Waals surface area contributed by atoms with E-state index in [0.717, 1.165) is 69.3 Å². The van der Waals surface area contributed by atoms with Gasteiger partial charge in [0.05, 0.1) is 6.26 Å². The van der Waals surface area contributed by atoms with E-state index >= 15 is 0 Å². The molecule has 5 rings (SSSR count). The number of likely N-dealkylation sites (tertiary alicyclic amines) is 1. The fourth-order valence-electron chi connectivity index (χ4n) is 5.17. The first-order valence-electron chi connectivity index (χ1n) is 13.8. The number of ether oxygens (including phenoxy) is 1. The minimum absolute atomic E-state index is 0.385. The number of hydrogen-bond acceptors (Lipinski definition) is 8. The van der Waals surface area contributed by atoms with Crippen molar-refractivity contribution in [1.29, 1.82) is 0 Å². The summed E-state index contributed by atoms with van der Waals surface area (Å²) in [5, 5.41) is 3.58. The van der Waals surface area contributed by atoms with Gasteiger partial charge in [-0.3, -0.25) is 9.62 Å². The van der Waals surface area contributed by atoms with E-state index in [1.54, 1.807) is 24.3 Å². The molecule has 0 spiro atoms. The zero-order chi connectivity index (χ0) is 27.1. The van der Waals surface area contributed by atoms with Crippen molar-refractivity contribution in [3.63, 3.8) is 0 Å². The Hall–Kier alpha value is -3.37. The highest BCUT2D eigenvalue weighted by Crippen LogP contribution is 2.25. The maximum absolute atomic E-state index is 11.4. The van der Waals surface area contributed by atoms with E-state index < -0.39 is 10.0 Å². The summed E-state index contributed by atoms with van der Waals surface area (Å²) in [4.78, 5) is 14.2. The first-order valence-corrected chi connectivity index (χ1v) is 15.7. The number of hydrogen-bond donors (Lipinski definition) is 2. The minimum atomic E-state index is -3.30. The number of nitrogens with zero attached hydrogens (tertiary/aromatic N) is 4. The first kappa shape index (κ1) is 27.2. The van der Waals surface area contributed by atoms with Gasteiger partial charge in [0.2, 0.25) is 16.0 Å². The summed E-state index contributed by atoms with van der Waals surface area (Å²) in [6, 6.07) is 17.4. The number of sulfonamides is 1. The molecule has 2 aromatic carbocycles. The van der Waals surface area contributed by atoms with E-state index in [-0.39, 0.29) is 0 Å². The van der Waals surface area contributed by atoms with E-state index in [2.05, 4.69) is 37.0 Å². The van der Waals surface area contributed by atoms with E-state index in [0.29, 0.717) is 17.5 Å². The van der Waals surface area contributed by atoms with Crippen LogP contribution in [-0.2, 0) is 16.6 Å². The zero-order valence-corrected chi connectivity index (χ0v) is 23.4. The maximum atomic E-state index is 11.4. The van der Waals surface area contributed by atoms with Crippen LogP contribution in [0.5, 0.6) is 11.5 Å². The lowest BCUT2D eigenvalue weighted by molar-refractivity contribution is 0.211. The average molecular weight is 551 g/mol. The lowest BCUT2D eigenvalue weighted by atomic mass is 10.0. The van der Waals surface area contributed by atoms with Crippen molar-refractivity contribution in [1.82, 2.24) is 14.9 Å². The van der Waals surface area contributed by atoms with Crippen molar-refractivity contribution in [2.75, 3.05) is 47.4 Å². The molecule has 9 nitrogen and oxygen atoms in total. The van der Waals surface area contributed by atoms with Crippen LogP contribution in [0, 0.1) is 0 Å². The summed E-state index contributed by atoms with van der Waals surface area (Å²) in [7, 11) is -3.30. The summed E-state index contributed by atoms with van der Waals surface area (Å²) < 4.78 is 31.1. The van der Waals surface area contributed by atoms with Crippen LogP contribution < -0.4 is 19.7 Å². The van der Waals surface area contributed by atoms with Gasteiger partial charge in [0.15, 0.2) is 0 Å². The molecule has 0 amide bonds. The van der Waals surface area contributed by atoms with Crippen molar-refractivity contribution in [2.45, 2.75) is 51.1 Å². The molecule has 1 aromatic heterocycles. The summed E-state index contributed by atoms with van der Waals surface area (Å²) in [6.07, 6.45) is 10.2. The molecule has 39 heavy (non-hydrogen) atoms. The Morgan fingerprint density at radius 1 is 0.872 bits per heavy atom. The number of nitrogens with one attached hydrogen (secondary N) is 2. The fourth-order valence-corrected chi connectivity index (χ4v) is 5.74. The van der Waals surface area contributed by atoms with E-state index in [4.69, 9.17) is 9.72 Å². The second-order valence-corrected chi connectivity index (χ2v) is 12.2. The molecule has 0 unspecified atom stereocenters. The lowest BCUT2D eigenvalue weighted by Crippen LogP contribution is -2.39. The van der Waals surface area contributed by atoms with Crippen LogP contribution in [0.3, 0.4) is 0 Å². The molecule has 208 valence electrons. The minimum Gasteiger partial charge on any atom is -0.457 e. The van der Waals surface area contributed by atoms with Crippen LogP contribution in [0.4, 0.5) is 17.5 Å². The maximum Gasteiger partial charge on any atom is 0.229 e. The Morgan fingerprint density at radius 3 is 2.15 bits per heavy atom. The van der Waals surface area contributed by atoms with Crippen LogP contribution in [-0.4, -0.2) is 61.8 Å². The lowest BCUT2D eigenvalue weighted by Gasteiger charge is -2.32. The van der Waals surface area contributed by atoms with E-state index in [9.17, 15) is 8.42 Å². The van der Waals surface area contributed by atoms with Crippen molar-refractivity contribution in [3.05, 3.63) is 66.4 Å². The van der Waals surface area contributed by atoms with Gasteiger partial charge in [0.25, 0.3) is 0 Å². The van der Waals surface area contributed by atoms with Gasteiger partial charge in [-0.1, -0.05) is 25.0 Å². The molecule has 0 radical (unpaired) electrons. The van der Waals surface area contributed by atoms with Crippen LogP contribution in [0.25, 0.3) is 0 Å². The SMILES string of the molecule is CS(=O)(=O)Nc1ccc(Oc2ccc(CN3CCC(Nc4nccc(N5CCCCCC5)n4)CC3)cc2)cc1. The average Bonchev–Trinajstić information content (AvgIpc) is 3.21.